The van der Waals surface area contributed by atoms with Crippen molar-refractivity contribution in [2.24, 2.45) is 0 Å². The molecule has 2 aromatic carbocycles. The Kier molecular flexibility index (Phi) is 7.14. The Labute approximate surface area is 153 Å². The molecule has 0 spiro atoms. The van der Waals surface area contributed by atoms with Crippen LogP contribution in [0.3, 0.4) is 0 Å². The predicted octanol–water partition coefficient (Wildman–Crippen LogP) is 4.94. The highest BCUT2D eigenvalue weighted by Gasteiger charge is 2.22. The van der Waals surface area contributed by atoms with Crippen molar-refractivity contribution in [1.82, 2.24) is 0 Å². The van der Waals surface area contributed by atoms with Gasteiger partial charge in [0.05, 0.1) is 24.7 Å². The summed E-state index contributed by atoms with van der Waals surface area (Å²) in [5.41, 5.74) is 1.55. The summed E-state index contributed by atoms with van der Waals surface area (Å²) in [5, 5.41) is 10.0. The van der Waals surface area contributed by atoms with Crippen LogP contribution in [0.4, 0.5) is 0 Å². The second-order valence-corrected chi connectivity index (χ2v) is 6.22. The number of methoxy groups -OCH3 is 1. The fraction of sp³-hybridized carbons (Fsp3) is 0.350. The Bertz CT molecular complexity index is 700. The van der Waals surface area contributed by atoms with Crippen LogP contribution in [0, 0.1) is 0 Å². The monoisotopic (exact) mass is 362 g/mol. The predicted molar refractivity (Wildman–Crippen MR) is 98.9 cm³/mol. The lowest BCUT2D eigenvalue weighted by molar-refractivity contribution is -0.138. The lowest BCUT2D eigenvalue weighted by atomic mass is 9.92. The first-order valence-corrected chi connectivity index (χ1v) is 8.71. The minimum atomic E-state index is -0.871. The van der Waals surface area contributed by atoms with E-state index in [1.54, 1.807) is 19.2 Å². The van der Waals surface area contributed by atoms with Crippen LogP contribution in [-0.2, 0) is 11.2 Å². The number of ether oxygens (including phenoxy) is 2. The summed E-state index contributed by atoms with van der Waals surface area (Å²) in [5.74, 6) is -0.484. The minimum Gasteiger partial charge on any atom is -0.493 e. The van der Waals surface area contributed by atoms with E-state index in [0.29, 0.717) is 29.5 Å². The molecule has 1 N–H and O–H groups in total. The summed E-state index contributed by atoms with van der Waals surface area (Å²) in [6, 6.07) is 12.7. The summed E-state index contributed by atoms with van der Waals surface area (Å²) in [4.78, 5) is 11.7. The topological polar surface area (TPSA) is 55.8 Å². The molecule has 2 rings (SSSR count). The van der Waals surface area contributed by atoms with Gasteiger partial charge in [-0.1, -0.05) is 55.3 Å². The van der Waals surface area contributed by atoms with Gasteiger partial charge >= 0.3 is 5.97 Å². The second-order valence-electron chi connectivity index (χ2n) is 5.82. The Morgan fingerprint density at radius 3 is 2.56 bits per heavy atom. The number of aliphatic carboxylic acids is 1. The molecule has 134 valence electrons. The molecule has 0 saturated carbocycles. The van der Waals surface area contributed by atoms with E-state index >= 15 is 0 Å². The summed E-state index contributed by atoms with van der Waals surface area (Å²) in [6.45, 7) is 2.65. The summed E-state index contributed by atoms with van der Waals surface area (Å²) >= 11 is 6.35. The molecule has 0 fully saturated rings. The van der Waals surface area contributed by atoms with Crippen molar-refractivity contribution in [3.63, 3.8) is 0 Å². The van der Waals surface area contributed by atoms with Gasteiger partial charge in [-0.25, -0.2) is 0 Å². The zero-order chi connectivity index (χ0) is 18.2. The van der Waals surface area contributed by atoms with Gasteiger partial charge in [0, 0.05) is 0 Å². The Hall–Kier alpha value is -2.20. The van der Waals surface area contributed by atoms with Gasteiger partial charge in [0.15, 0.2) is 11.5 Å². The zero-order valence-corrected chi connectivity index (χ0v) is 15.3. The quantitative estimate of drug-likeness (QED) is 0.642. The molecule has 4 nitrogen and oxygen atoms in total. The van der Waals surface area contributed by atoms with Crippen molar-refractivity contribution in [3.05, 3.63) is 58.6 Å². The fourth-order valence-electron chi connectivity index (χ4n) is 2.62. The van der Waals surface area contributed by atoms with E-state index in [1.165, 1.54) is 0 Å². The van der Waals surface area contributed by atoms with Crippen molar-refractivity contribution in [1.29, 1.82) is 0 Å². The number of benzene rings is 2. The van der Waals surface area contributed by atoms with Crippen molar-refractivity contribution < 1.29 is 19.4 Å². The van der Waals surface area contributed by atoms with E-state index in [9.17, 15) is 9.90 Å². The van der Waals surface area contributed by atoms with Crippen molar-refractivity contribution in [2.75, 3.05) is 13.7 Å². The number of rotatable bonds is 9. The molecule has 0 radical (unpaired) electrons. The van der Waals surface area contributed by atoms with Crippen LogP contribution in [0.1, 0.15) is 36.8 Å². The van der Waals surface area contributed by atoms with Crippen LogP contribution < -0.4 is 9.47 Å². The average Bonchev–Trinajstić information content (AvgIpc) is 2.61. The Morgan fingerprint density at radius 1 is 1.24 bits per heavy atom. The minimum absolute atomic E-state index is 0.324. The number of hydrogen-bond acceptors (Lipinski definition) is 3. The van der Waals surface area contributed by atoms with Gasteiger partial charge in [-0.15, -0.1) is 0 Å². The van der Waals surface area contributed by atoms with Crippen LogP contribution >= 0.6 is 11.6 Å². The molecule has 0 bridgehead atoms. The SMILES string of the molecule is CCCCOc1c(Cl)cc(CC(C(=O)O)c2ccccc2)cc1OC. The molecule has 25 heavy (non-hydrogen) atoms. The van der Waals surface area contributed by atoms with E-state index < -0.39 is 11.9 Å². The van der Waals surface area contributed by atoms with Gasteiger partial charge in [-0.2, -0.15) is 0 Å². The Balaban J connectivity index is 2.26. The van der Waals surface area contributed by atoms with Crippen LogP contribution in [0.15, 0.2) is 42.5 Å². The van der Waals surface area contributed by atoms with Crippen molar-refractivity contribution in [3.8, 4) is 11.5 Å². The third-order valence-electron chi connectivity index (χ3n) is 3.97. The molecule has 0 saturated heterocycles. The van der Waals surface area contributed by atoms with Gasteiger partial charge in [-0.05, 0) is 36.1 Å². The third-order valence-corrected chi connectivity index (χ3v) is 4.25. The molecular weight excluding hydrogens is 340 g/mol. The molecular formula is C20H23ClO4. The molecule has 5 heteroatoms. The molecule has 0 aliphatic heterocycles. The molecule has 2 aromatic rings. The van der Waals surface area contributed by atoms with Crippen LogP contribution in [0.2, 0.25) is 5.02 Å². The first-order valence-electron chi connectivity index (χ1n) is 8.33. The van der Waals surface area contributed by atoms with E-state index in [-0.39, 0.29) is 0 Å². The first kappa shape index (κ1) is 19.1. The molecule has 0 heterocycles. The lowest BCUT2D eigenvalue weighted by Gasteiger charge is -2.17. The highest BCUT2D eigenvalue weighted by atomic mass is 35.5. The van der Waals surface area contributed by atoms with Crippen molar-refractivity contribution >= 4 is 17.6 Å². The van der Waals surface area contributed by atoms with E-state index in [0.717, 1.165) is 24.0 Å². The fourth-order valence-corrected chi connectivity index (χ4v) is 2.91. The maximum absolute atomic E-state index is 11.7. The summed E-state index contributed by atoms with van der Waals surface area (Å²) in [7, 11) is 1.55. The lowest BCUT2D eigenvalue weighted by Crippen LogP contribution is -2.14. The highest BCUT2D eigenvalue weighted by molar-refractivity contribution is 6.32. The number of unbranched alkanes of at least 4 members (excludes halogenated alkanes) is 1. The van der Waals surface area contributed by atoms with E-state index in [1.807, 2.05) is 30.3 Å². The maximum atomic E-state index is 11.7. The Morgan fingerprint density at radius 2 is 1.96 bits per heavy atom. The maximum Gasteiger partial charge on any atom is 0.311 e. The molecule has 1 atom stereocenters. The van der Waals surface area contributed by atoms with Crippen LogP contribution in [0.25, 0.3) is 0 Å². The van der Waals surface area contributed by atoms with Crippen LogP contribution in [0.5, 0.6) is 11.5 Å². The average molecular weight is 363 g/mol. The standard InChI is InChI=1S/C20H23ClO4/c1-3-4-10-25-19-17(21)12-14(13-18(19)24-2)11-16(20(22)23)15-8-6-5-7-9-15/h5-9,12-13,16H,3-4,10-11H2,1-2H3,(H,22,23). The molecule has 0 aromatic heterocycles. The van der Waals surface area contributed by atoms with Gasteiger partial charge < -0.3 is 14.6 Å². The van der Waals surface area contributed by atoms with Crippen LogP contribution in [-0.4, -0.2) is 24.8 Å². The summed E-state index contributed by atoms with van der Waals surface area (Å²) < 4.78 is 11.1. The first-order chi connectivity index (χ1) is 12.1. The third kappa shape index (κ3) is 5.13. The van der Waals surface area contributed by atoms with Gasteiger partial charge in [-0.3, -0.25) is 4.79 Å². The smallest absolute Gasteiger partial charge is 0.311 e. The normalized spacial score (nSPS) is 11.8. The largest absolute Gasteiger partial charge is 0.493 e. The number of hydrogen-bond donors (Lipinski definition) is 1. The number of carbonyl (C=O) groups is 1. The second kappa shape index (κ2) is 9.33. The van der Waals surface area contributed by atoms with E-state index in [2.05, 4.69) is 6.92 Å². The number of carboxylic acids is 1. The van der Waals surface area contributed by atoms with E-state index in [4.69, 9.17) is 21.1 Å². The molecule has 0 amide bonds. The molecule has 0 aliphatic carbocycles. The zero-order valence-electron chi connectivity index (χ0n) is 14.5. The van der Waals surface area contributed by atoms with Gasteiger partial charge in [0.1, 0.15) is 0 Å². The summed E-state index contributed by atoms with van der Waals surface area (Å²) in [6.07, 6.45) is 2.27. The molecule has 0 aliphatic rings. The van der Waals surface area contributed by atoms with Crippen molar-refractivity contribution in [2.45, 2.75) is 32.1 Å². The molecule has 1 unspecified atom stereocenters. The number of carboxylic acid groups (broad SMARTS) is 1. The van der Waals surface area contributed by atoms with Gasteiger partial charge in [0.2, 0.25) is 0 Å². The number of halogens is 1. The highest BCUT2D eigenvalue weighted by Crippen LogP contribution is 2.37. The van der Waals surface area contributed by atoms with Gasteiger partial charge in [0.25, 0.3) is 0 Å².